The highest BCUT2D eigenvalue weighted by Gasteiger charge is 2.38. The summed E-state index contributed by atoms with van der Waals surface area (Å²) >= 11 is 0. The smallest absolute Gasteiger partial charge is 0.478 e. The number of aromatic carboxylic acids is 1. The first kappa shape index (κ1) is 31.9. The number of benzene rings is 2. The van der Waals surface area contributed by atoms with Gasteiger partial charge in [0.2, 0.25) is 0 Å². The van der Waals surface area contributed by atoms with E-state index in [9.17, 15) is 31.5 Å². The summed E-state index contributed by atoms with van der Waals surface area (Å²) in [7, 11) is -3.81. The molecule has 1 aliphatic carbocycles. The third-order valence-corrected chi connectivity index (χ3v) is 7.89. The Morgan fingerprint density at radius 3 is 2.08 bits per heavy atom. The molecule has 0 bridgehead atoms. The van der Waals surface area contributed by atoms with Gasteiger partial charge in [0, 0.05) is 18.8 Å². The molecule has 0 amide bonds. The van der Waals surface area contributed by atoms with Crippen molar-refractivity contribution in [3.8, 4) is 0 Å². The van der Waals surface area contributed by atoms with Crippen molar-refractivity contribution in [2.24, 2.45) is 0 Å². The first-order valence-corrected chi connectivity index (χ1v) is 14.3. The molecule has 1 aliphatic rings. The van der Waals surface area contributed by atoms with E-state index in [1.54, 1.807) is 24.3 Å². The molecule has 8 nitrogen and oxygen atoms in total. The molecule has 12 heteroatoms. The Kier molecular flexibility index (Phi) is 11.6. The highest BCUT2D eigenvalue weighted by Crippen LogP contribution is 2.33. The summed E-state index contributed by atoms with van der Waals surface area (Å²) in [5, 5.41) is 16.9. The fourth-order valence-corrected chi connectivity index (χ4v) is 5.46. The molecular weight excluding hydrogens is 537 g/mol. The minimum absolute atomic E-state index is 0.0933. The highest BCUT2D eigenvalue weighted by atomic mass is 32.2. The number of halogens is 3. The van der Waals surface area contributed by atoms with Gasteiger partial charge in [0.05, 0.1) is 16.1 Å². The molecule has 0 aliphatic heterocycles. The van der Waals surface area contributed by atoms with E-state index in [0.29, 0.717) is 18.2 Å². The molecule has 1 fully saturated rings. The van der Waals surface area contributed by atoms with Crippen LogP contribution in [0.25, 0.3) is 0 Å². The fraction of sp³-hybridized carbons (Fsp3) is 0.481. The van der Waals surface area contributed by atoms with Gasteiger partial charge in [-0.3, -0.25) is 4.72 Å². The normalized spacial score (nSPS) is 14.2. The van der Waals surface area contributed by atoms with Crippen LogP contribution in [0.5, 0.6) is 0 Å². The van der Waals surface area contributed by atoms with Crippen molar-refractivity contribution >= 4 is 33.3 Å². The van der Waals surface area contributed by atoms with Crippen LogP contribution in [0, 0.1) is 0 Å². The van der Waals surface area contributed by atoms with Crippen molar-refractivity contribution in [3.05, 3.63) is 53.6 Å². The monoisotopic (exact) mass is 572 g/mol. The Balaban J connectivity index is 0.000000673. The number of carboxylic acid groups (broad SMARTS) is 2. The van der Waals surface area contributed by atoms with E-state index < -0.39 is 28.1 Å². The molecule has 0 spiro atoms. The molecule has 0 aromatic heterocycles. The maximum absolute atomic E-state index is 12.9. The number of sulfonamides is 1. The van der Waals surface area contributed by atoms with E-state index in [2.05, 4.69) is 11.6 Å². The first-order valence-electron chi connectivity index (χ1n) is 12.8. The average Bonchev–Trinajstić information content (AvgIpc) is 2.89. The summed E-state index contributed by atoms with van der Waals surface area (Å²) in [5.41, 5.74) is 2.13. The summed E-state index contributed by atoms with van der Waals surface area (Å²) < 4.78 is 60.1. The van der Waals surface area contributed by atoms with Gasteiger partial charge in [0.1, 0.15) is 0 Å². The molecule has 0 radical (unpaired) electrons. The van der Waals surface area contributed by atoms with Crippen molar-refractivity contribution in [2.45, 2.75) is 75.8 Å². The van der Waals surface area contributed by atoms with Crippen LogP contribution in [-0.4, -0.2) is 49.8 Å². The Labute approximate surface area is 226 Å². The second kappa shape index (κ2) is 14.2. The molecule has 0 unspecified atom stereocenters. The quantitative estimate of drug-likeness (QED) is 0.297. The topological polar surface area (TPSA) is 124 Å². The zero-order valence-corrected chi connectivity index (χ0v) is 22.8. The van der Waals surface area contributed by atoms with Crippen LogP contribution in [0.1, 0.15) is 80.6 Å². The molecular formula is C27H35F3N2O6S. The molecule has 39 heavy (non-hydrogen) atoms. The van der Waals surface area contributed by atoms with Crippen LogP contribution in [0.3, 0.4) is 0 Å². The lowest BCUT2D eigenvalue weighted by Crippen LogP contribution is -2.26. The zero-order chi connectivity index (χ0) is 29.2. The Bertz CT molecular complexity index is 1210. The van der Waals surface area contributed by atoms with Gasteiger partial charge < -0.3 is 15.1 Å². The van der Waals surface area contributed by atoms with Crippen LogP contribution in [0.2, 0.25) is 0 Å². The number of rotatable bonds is 10. The maximum Gasteiger partial charge on any atom is 0.490 e. The molecule has 2 aromatic rings. The molecule has 0 saturated heterocycles. The molecule has 216 valence electrons. The molecule has 3 rings (SSSR count). The number of hydrogen-bond donors (Lipinski definition) is 3. The lowest BCUT2D eigenvalue weighted by Gasteiger charge is -2.25. The van der Waals surface area contributed by atoms with Gasteiger partial charge in [-0.1, -0.05) is 44.7 Å². The van der Waals surface area contributed by atoms with Crippen molar-refractivity contribution in [2.75, 3.05) is 22.7 Å². The lowest BCUT2D eigenvalue weighted by molar-refractivity contribution is -0.192. The lowest BCUT2D eigenvalue weighted by atomic mass is 9.84. The third-order valence-electron chi connectivity index (χ3n) is 6.49. The number of anilines is 2. The van der Waals surface area contributed by atoms with E-state index >= 15 is 0 Å². The summed E-state index contributed by atoms with van der Waals surface area (Å²) in [4.78, 5) is 23.0. The summed E-state index contributed by atoms with van der Waals surface area (Å²) in [5.74, 6) is -3.33. The predicted molar refractivity (Wildman–Crippen MR) is 143 cm³/mol. The number of aliphatic carboxylic acids is 1. The van der Waals surface area contributed by atoms with E-state index in [4.69, 9.17) is 9.90 Å². The van der Waals surface area contributed by atoms with Gasteiger partial charge in [-0.2, -0.15) is 13.2 Å². The van der Waals surface area contributed by atoms with Crippen molar-refractivity contribution in [1.82, 2.24) is 0 Å². The SMILES string of the molecule is CCCCN(CC)c1ccc(NS(=O)(=O)c2ccc(C3CCCCC3)cc2)cc1C(=O)O.O=C(O)C(F)(F)F. The number of hydrogen-bond acceptors (Lipinski definition) is 5. The minimum Gasteiger partial charge on any atom is -0.478 e. The van der Waals surface area contributed by atoms with Gasteiger partial charge in [-0.05, 0) is 68.0 Å². The number of alkyl halides is 3. The predicted octanol–water partition coefficient (Wildman–Crippen LogP) is 6.49. The van der Waals surface area contributed by atoms with Crippen molar-refractivity contribution < 1.29 is 41.4 Å². The second-order valence-electron chi connectivity index (χ2n) is 9.28. The molecule has 0 heterocycles. The minimum atomic E-state index is -5.08. The number of unbranched alkanes of at least 4 members (excludes halogenated alkanes) is 1. The molecule has 2 aromatic carbocycles. The maximum atomic E-state index is 12.9. The van der Waals surface area contributed by atoms with Gasteiger partial charge in [-0.15, -0.1) is 0 Å². The van der Waals surface area contributed by atoms with Gasteiger partial charge in [0.25, 0.3) is 10.0 Å². The largest absolute Gasteiger partial charge is 0.490 e. The third kappa shape index (κ3) is 9.45. The number of nitrogens with zero attached hydrogens (tertiary/aromatic N) is 1. The van der Waals surface area contributed by atoms with Crippen molar-refractivity contribution in [1.29, 1.82) is 0 Å². The van der Waals surface area contributed by atoms with Crippen LogP contribution < -0.4 is 9.62 Å². The van der Waals surface area contributed by atoms with E-state index in [0.717, 1.165) is 32.2 Å². The fourth-order valence-electron chi connectivity index (χ4n) is 4.41. The number of carboxylic acids is 2. The summed E-state index contributed by atoms with van der Waals surface area (Å²) in [6.07, 6.45) is 2.92. The van der Waals surface area contributed by atoms with Crippen LogP contribution in [0.15, 0.2) is 47.4 Å². The van der Waals surface area contributed by atoms with E-state index in [1.807, 2.05) is 24.0 Å². The second-order valence-corrected chi connectivity index (χ2v) is 11.0. The van der Waals surface area contributed by atoms with Crippen LogP contribution in [0.4, 0.5) is 24.5 Å². The molecule has 0 atom stereocenters. The highest BCUT2D eigenvalue weighted by molar-refractivity contribution is 7.92. The Morgan fingerprint density at radius 1 is 1.00 bits per heavy atom. The number of nitrogens with one attached hydrogen (secondary N) is 1. The Hall–Kier alpha value is -3.28. The number of carbonyl (C=O) groups is 2. The van der Waals surface area contributed by atoms with Crippen LogP contribution >= 0.6 is 0 Å². The van der Waals surface area contributed by atoms with E-state index in [1.165, 1.54) is 30.9 Å². The summed E-state index contributed by atoms with van der Waals surface area (Å²) in [6.45, 7) is 5.50. The van der Waals surface area contributed by atoms with Crippen LogP contribution in [-0.2, 0) is 14.8 Å². The average molecular weight is 573 g/mol. The molecule has 1 saturated carbocycles. The Morgan fingerprint density at radius 2 is 1.59 bits per heavy atom. The van der Waals surface area contributed by atoms with Gasteiger partial charge in [0.15, 0.2) is 0 Å². The summed E-state index contributed by atoms with van der Waals surface area (Å²) in [6, 6.07) is 11.8. The van der Waals surface area contributed by atoms with E-state index in [-0.39, 0.29) is 16.1 Å². The van der Waals surface area contributed by atoms with Crippen molar-refractivity contribution in [3.63, 3.8) is 0 Å². The zero-order valence-electron chi connectivity index (χ0n) is 22.0. The van der Waals surface area contributed by atoms with Gasteiger partial charge in [-0.25, -0.2) is 18.0 Å². The molecule has 3 N–H and O–H groups in total. The standard InChI is InChI=1S/C25H34N2O4S.C2HF3O2/c1-3-5-17-27(4-2)24-16-13-21(18-23(24)25(28)29)26-32(30,31)22-14-11-20(12-15-22)19-9-7-6-8-10-19;3-2(4,5)1(6)7/h11-16,18-19,26H,3-10,17H2,1-2H3,(H,28,29);(H,6,7). The first-order chi connectivity index (χ1) is 18.3. The van der Waals surface area contributed by atoms with Gasteiger partial charge >= 0.3 is 18.1 Å².